The van der Waals surface area contributed by atoms with Crippen molar-refractivity contribution in [3.05, 3.63) is 139 Å². The molecule has 6 aliphatic rings. The van der Waals surface area contributed by atoms with E-state index in [0.29, 0.717) is 77.8 Å². The molecule has 0 aliphatic carbocycles. The molecular weight excluding hydrogens is 1630 g/mol. The molecule has 3 saturated heterocycles. The number of carbonyl (C=O) groups is 6. The number of carbonyl (C=O) groups excluding carboxylic acids is 6. The third kappa shape index (κ3) is 31.8. The van der Waals surface area contributed by atoms with Gasteiger partial charge in [-0.3, -0.25) is 43.7 Å². The van der Waals surface area contributed by atoms with Crippen molar-refractivity contribution in [1.29, 1.82) is 0 Å². The van der Waals surface area contributed by atoms with E-state index in [0.717, 1.165) is 106 Å². The predicted octanol–water partition coefficient (Wildman–Crippen LogP) is 13.3. The van der Waals surface area contributed by atoms with Gasteiger partial charge in [0.15, 0.2) is 37.1 Å². The highest BCUT2D eigenvalue weighted by molar-refractivity contribution is 7.47. The number of rotatable bonds is 15. The molecule has 630 valence electrons. The number of allylic oxidation sites excluding steroid dienone is 9. The van der Waals surface area contributed by atoms with E-state index in [1.54, 1.807) is 46.8 Å². The number of phosphoric acid groups is 3. The van der Waals surface area contributed by atoms with E-state index in [2.05, 4.69) is 29.0 Å². The van der Waals surface area contributed by atoms with Crippen LogP contribution >= 0.6 is 58.3 Å². The van der Waals surface area contributed by atoms with E-state index >= 15 is 0 Å². The van der Waals surface area contributed by atoms with Crippen molar-refractivity contribution in [2.45, 2.75) is 175 Å². The first kappa shape index (κ1) is 93.6. The molecule has 39 heteroatoms. The normalized spacial score (nSPS) is 21.9. The molecule has 3 fully saturated rings. The zero-order valence-corrected chi connectivity index (χ0v) is 69.1. The molecule has 9 rings (SSSR count). The van der Waals surface area contributed by atoms with Crippen LogP contribution in [-0.2, 0) is 76.1 Å². The topological polar surface area (TPSA) is 466 Å². The molecule has 2 atom stereocenters. The Kier molecular flexibility index (Phi) is 37.3. The molecule has 33 nitrogen and oxygen atoms in total. The quantitative estimate of drug-likeness (QED) is 0.0224. The van der Waals surface area contributed by atoms with Crippen LogP contribution in [-0.4, -0.2) is 190 Å². The maximum Gasteiger partial charge on any atom is 0.524 e. The summed E-state index contributed by atoms with van der Waals surface area (Å²) in [6.45, 7) is 10.3. The number of piperidine rings is 3. The SMILES string of the molecule is C/C1=C\C(=N/OCC(=O)N2CCCCC2)Cc2c(Cl)c(OP(=O)(O)O)cc(O)c2C(=O)OCC/C=C/CC1.C/C1=C\C(=N/OCC(=O)N2CCCCC2)Cc2c(Cl)c(OP(=O)(O)O)cc(O)c2C(=O)O[C@H](C)C/C=C/CC1.C[C@@H]1C/C=C/CC/C=C/C(=N\OCC(=O)N2CCCCC2)Cc2c(Cl)c(OP(=O)(O)O)cc(O)c2C(=O)O1. The number of phenols is 3. The maximum absolute atomic E-state index is 13.1. The number of hydrogen-bond donors (Lipinski definition) is 9. The summed E-state index contributed by atoms with van der Waals surface area (Å²) in [5, 5.41) is 43.4. The molecule has 6 heterocycles. The fourth-order valence-corrected chi connectivity index (χ4v) is 14.7. The summed E-state index contributed by atoms with van der Waals surface area (Å²) in [5.41, 5.74) is 1.63. The zero-order valence-electron chi connectivity index (χ0n) is 64.1. The Morgan fingerprint density at radius 2 is 0.765 bits per heavy atom. The van der Waals surface area contributed by atoms with Gasteiger partial charge < -0.3 is 72.3 Å². The van der Waals surface area contributed by atoms with Crippen LogP contribution < -0.4 is 13.6 Å². The lowest BCUT2D eigenvalue weighted by molar-refractivity contribution is -0.137. The average Bonchev–Trinajstić information content (AvgIpc) is 0.795. The third-order valence-corrected chi connectivity index (χ3v) is 20.7. The van der Waals surface area contributed by atoms with Crippen molar-refractivity contribution < 1.29 is 129 Å². The molecule has 0 bridgehead atoms. The smallest absolute Gasteiger partial charge is 0.507 e. The van der Waals surface area contributed by atoms with Gasteiger partial charge in [0, 0.05) is 89.6 Å². The lowest BCUT2D eigenvalue weighted by Gasteiger charge is -2.26. The van der Waals surface area contributed by atoms with Gasteiger partial charge in [0.1, 0.15) is 46.1 Å². The molecule has 0 saturated carbocycles. The Labute approximate surface area is 680 Å². The second kappa shape index (κ2) is 45.8. The number of phenolic OH excluding ortho intramolecular Hbond substituents is 3. The van der Waals surface area contributed by atoms with Crippen molar-refractivity contribution in [1.82, 2.24) is 14.7 Å². The molecule has 0 radical (unpaired) electrons. The van der Waals surface area contributed by atoms with Crippen molar-refractivity contribution in [3.8, 4) is 34.5 Å². The van der Waals surface area contributed by atoms with Crippen LogP contribution in [0.15, 0.2) is 106 Å². The Morgan fingerprint density at radius 3 is 1.13 bits per heavy atom. The number of ether oxygens (including phenoxy) is 3. The van der Waals surface area contributed by atoms with E-state index in [-0.39, 0.29) is 129 Å². The number of halogens is 3. The van der Waals surface area contributed by atoms with Gasteiger partial charge in [-0.1, -0.05) is 104 Å². The first-order valence-electron chi connectivity index (χ1n) is 37.4. The van der Waals surface area contributed by atoms with E-state index in [1.807, 2.05) is 56.4 Å². The zero-order chi connectivity index (χ0) is 84.0. The predicted molar refractivity (Wildman–Crippen MR) is 426 cm³/mol. The number of fused-ring (bicyclic) bond motifs is 3. The number of amides is 3. The van der Waals surface area contributed by atoms with Crippen molar-refractivity contribution in [2.75, 3.05) is 65.7 Å². The van der Waals surface area contributed by atoms with Gasteiger partial charge in [-0.05, 0) is 165 Å². The van der Waals surface area contributed by atoms with Crippen molar-refractivity contribution >= 4 is 111 Å². The highest BCUT2D eigenvalue weighted by atomic mass is 35.5. The monoisotopic (exact) mass is 1720 g/mol. The summed E-state index contributed by atoms with van der Waals surface area (Å²) >= 11 is 19.3. The molecule has 3 aromatic carbocycles. The summed E-state index contributed by atoms with van der Waals surface area (Å²) in [6, 6.07) is 2.53. The molecule has 6 aliphatic heterocycles. The van der Waals surface area contributed by atoms with Crippen LogP contribution in [0.2, 0.25) is 15.1 Å². The number of oxime groups is 3. The molecular formula is C76H98Cl3N6O27P3. The molecule has 3 aromatic rings. The van der Waals surface area contributed by atoms with Gasteiger partial charge in [-0.15, -0.1) is 0 Å². The third-order valence-electron chi connectivity index (χ3n) is 18.1. The van der Waals surface area contributed by atoms with Gasteiger partial charge in [0.05, 0.1) is 38.8 Å². The Morgan fingerprint density at radius 1 is 0.452 bits per heavy atom. The second-order valence-corrected chi connectivity index (χ2v) is 32.3. The fourth-order valence-electron chi connectivity index (χ4n) is 12.5. The molecule has 0 aromatic heterocycles. The Balaban J connectivity index is 0.000000239. The lowest BCUT2D eigenvalue weighted by Crippen LogP contribution is -2.37. The minimum Gasteiger partial charge on any atom is -0.507 e. The minimum absolute atomic E-state index is 0.0264. The average molecular weight is 1730 g/mol. The van der Waals surface area contributed by atoms with E-state index in [4.69, 9.17) is 63.5 Å². The van der Waals surface area contributed by atoms with E-state index in [9.17, 15) is 87.1 Å². The van der Waals surface area contributed by atoms with Crippen molar-refractivity contribution in [3.63, 3.8) is 0 Å². The summed E-state index contributed by atoms with van der Waals surface area (Å²) in [4.78, 5) is 154. The largest absolute Gasteiger partial charge is 0.524 e. The molecule has 0 unspecified atom stereocenters. The molecule has 0 spiro atoms. The molecule has 3 amide bonds. The number of likely N-dealkylation sites (tertiary alicyclic amines) is 3. The summed E-state index contributed by atoms with van der Waals surface area (Å²) in [5.74, 6) is -6.72. The minimum atomic E-state index is -5.05. The fraction of sp³-hybridized carbons (Fsp3) is 0.487. The number of cyclic esters (lactones) is 3. The Hall–Kier alpha value is -8.55. The van der Waals surface area contributed by atoms with Gasteiger partial charge in [-0.2, -0.15) is 0 Å². The number of nitrogens with zero attached hydrogens (tertiary/aromatic N) is 6. The lowest BCUT2D eigenvalue weighted by atomic mass is 9.98. The number of phosphoric ester groups is 3. The van der Waals surface area contributed by atoms with Gasteiger partial charge >= 0.3 is 41.4 Å². The van der Waals surface area contributed by atoms with Crippen LogP contribution in [0, 0.1) is 0 Å². The van der Waals surface area contributed by atoms with Crippen LogP contribution in [0.25, 0.3) is 0 Å². The van der Waals surface area contributed by atoms with Crippen LogP contribution in [0.5, 0.6) is 34.5 Å². The van der Waals surface area contributed by atoms with Crippen molar-refractivity contribution in [2.24, 2.45) is 15.5 Å². The molecule has 9 N–H and O–H groups in total. The first-order valence-corrected chi connectivity index (χ1v) is 43.1. The highest BCUT2D eigenvalue weighted by Gasteiger charge is 2.34. The van der Waals surface area contributed by atoms with Crippen LogP contribution in [0.3, 0.4) is 0 Å². The standard InChI is InChI=1S/C26H34ClN2O9P.2C25H32ClN2O9P/c1-17-9-5-3-6-10-18(2)37-26(32)24-20(25(27)22(15-21(24)30)38-39(33,34)35)14-19(13-17)28-36-16-23(31)29-11-7-4-8-12-29;1-17-9-5-2-3-8-12-35-25(31)23-19(24(26)21(15-20(23)29)37-38(32,33)34)14-18(13-17)27-36-16-22(30)28-10-6-4-7-11-28;1-17-10-6-3-2-4-7-11-18(27-35-16-22(30)28-12-8-5-9-13-28)14-19-23(25(31)36-17)20(29)15-21(24(19)26)37-38(32,33)34/h3,6,13,15,18,30H,4-5,7-12,14,16H2,1-2H3,(H2,33,34,35);2-3,13,15,29H,4-12,14,16H2,1H3,(H2,32,33,34);3,6-7,11,15,17,29H,2,4-5,8-10,12-14,16H2,1H3,(H2,32,33,34)/b6-3+,17-13+,28-19+;3-2+,17-13+,27-18+;6-3+,11-7+,27-18+/t18-;;17-/m1.1/s1. The van der Waals surface area contributed by atoms with Gasteiger partial charge in [0.2, 0.25) is 0 Å². The van der Waals surface area contributed by atoms with Gasteiger partial charge in [0.25, 0.3) is 17.7 Å². The number of aromatic hydroxyl groups is 3. The van der Waals surface area contributed by atoms with Crippen LogP contribution in [0.1, 0.15) is 191 Å². The number of esters is 3. The number of hydrogen-bond acceptors (Lipinski definition) is 24. The second-order valence-electron chi connectivity index (χ2n) is 27.6. The summed E-state index contributed by atoms with van der Waals surface area (Å²) in [7, 11) is -15.1. The summed E-state index contributed by atoms with van der Waals surface area (Å²) in [6.07, 6.45) is 31.2. The van der Waals surface area contributed by atoms with E-state index < -0.39 is 88.1 Å². The van der Waals surface area contributed by atoms with Crippen LogP contribution in [0.4, 0.5) is 0 Å². The Bertz CT molecular complexity index is 4390. The molecule has 115 heavy (non-hydrogen) atoms. The first-order chi connectivity index (χ1) is 54.5. The highest BCUT2D eigenvalue weighted by Crippen LogP contribution is 2.49. The summed E-state index contributed by atoms with van der Waals surface area (Å²) < 4.78 is 64.6. The van der Waals surface area contributed by atoms with Gasteiger partial charge in [-0.25, -0.2) is 28.1 Å². The maximum atomic E-state index is 13.1. The number of benzene rings is 3. The van der Waals surface area contributed by atoms with E-state index in [1.165, 1.54) is 0 Å².